The number of aryl methyl sites for hydroxylation is 1. The molecule has 6 atom stereocenters. The zero-order valence-electron chi connectivity index (χ0n) is 24.9. The lowest BCUT2D eigenvalue weighted by Gasteiger charge is -2.40. The highest BCUT2D eigenvalue weighted by Crippen LogP contribution is 2.69. The van der Waals surface area contributed by atoms with Crippen LogP contribution in [0.1, 0.15) is 63.9 Å². The molecule has 42 heavy (non-hydrogen) atoms. The summed E-state index contributed by atoms with van der Waals surface area (Å²) in [6, 6.07) is 4.81. The van der Waals surface area contributed by atoms with Crippen LogP contribution in [0.15, 0.2) is 43.5 Å². The average molecular weight is 617 g/mol. The van der Waals surface area contributed by atoms with Gasteiger partial charge in [0, 0.05) is 24.9 Å². The third-order valence-corrected chi connectivity index (χ3v) is 11.5. The summed E-state index contributed by atoms with van der Waals surface area (Å²) >= 11 is 8.32. The molecule has 3 unspecified atom stereocenters. The molecule has 0 aliphatic carbocycles. The average Bonchev–Trinajstić information content (AvgIpc) is 3.55. The van der Waals surface area contributed by atoms with E-state index in [1.54, 1.807) is 33.7 Å². The topological polar surface area (TPSA) is 87.2 Å². The van der Waals surface area contributed by atoms with Crippen molar-refractivity contribution in [3.05, 3.63) is 54.1 Å². The molecular formula is C33H45ClN2O5S. The number of allylic oxidation sites excluding steroid dienone is 1. The number of aliphatic hydroxyl groups is 1. The Labute approximate surface area is 259 Å². The van der Waals surface area contributed by atoms with Gasteiger partial charge in [-0.25, -0.2) is 0 Å². The van der Waals surface area contributed by atoms with Gasteiger partial charge in [-0.3, -0.25) is 14.4 Å². The summed E-state index contributed by atoms with van der Waals surface area (Å²) in [7, 11) is 0. The van der Waals surface area contributed by atoms with Crippen LogP contribution >= 0.6 is 23.4 Å². The lowest BCUT2D eigenvalue weighted by atomic mass is 9.66. The van der Waals surface area contributed by atoms with Crippen LogP contribution in [0.4, 0.5) is 5.69 Å². The summed E-state index contributed by atoms with van der Waals surface area (Å²) < 4.78 is 5.02. The van der Waals surface area contributed by atoms with E-state index in [-0.39, 0.29) is 42.1 Å². The zero-order valence-corrected chi connectivity index (χ0v) is 26.5. The first-order chi connectivity index (χ1) is 20.2. The number of anilines is 1. The number of thioether (sulfide) groups is 1. The predicted octanol–water partition coefficient (Wildman–Crippen LogP) is 5.96. The van der Waals surface area contributed by atoms with E-state index in [1.165, 1.54) is 0 Å². The van der Waals surface area contributed by atoms with Gasteiger partial charge < -0.3 is 19.6 Å². The lowest BCUT2D eigenvalue weighted by Crippen LogP contribution is -2.57. The Kier molecular flexibility index (Phi) is 11.2. The molecule has 4 rings (SSSR count). The number of esters is 1. The molecule has 3 fully saturated rings. The highest BCUT2D eigenvalue weighted by Gasteiger charge is 2.76. The monoisotopic (exact) mass is 616 g/mol. The predicted molar refractivity (Wildman–Crippen MR) is 170 cm³/mol. The number of rotatable bonds is 16. The molecule has 230 valence electrons. The van der Waals surface area contributed by atoms with Crippen LogP contribution in [-0.4, -0.2) is 70.1 Å². The first-order valence-corrected chi connectivity index (χ1v) is 16.5. The molecule has 0 aromatic heterocycles. The van der Waals surface area contributed by atoms with Gasteiger partial charge in [0.15, 0.2) is 0 Å². The van der Waals surface area contributed by atoms with Gasteiger partial charge >= 0.3 is 5.97 Å². The molecule has 1 aromatic rings. The second-order valence-corrected chi connectivity index (χ2v) is 13.8. The number of hydrogen-bond acceptors (Lipinski definition) is 6. The molecule has 3 saturated heterocycles. The van der Waals surface area contributed by atoms with Gasteiger partial charge in [0.1, 0.15) is 6.04 Å². The maximum absolute atomic E-state index is 14.8. The molecule has 2 bridgehead atoms. The second kappa shape index (κ2) is 14.5. The molecule has 0 saturated carbocycles. The maximum Gasteiger partial charge on any atom is 0.310 e. The largest absolute Gasteiger partial charge is 0.465 e. The van der Waals surface area contributed by atoms with Crippen molar-refractivity contribution < 1.29 is 24.2 Å². The van der Waals surface area contributed by atoms with Crippen LogP contribution in [0.2, 0.25) is 5.02 Å². The number of benzene rings is 1. The molecule has 1 N–H and O–H groups in total. The van der Waals surface area contributed by atoms with Crippen molar-refractivity contribution in [2.24, 2.45) is 17.8 Å². The number of carbonyl (C=O) groups is 3. The Morgan fingerprint density at radius 3 is 2.64 bits per heavy atom. The van der Waals surface area contributed by atoms with E-state index in [0.29, 0.717) is 36.7 Å². The molecule has 7 nitrogen and oxygen atoms in total. The summed E-state index contributed by atoms with van der Waals surface area (Å²) in [6.45, 7) is 12.8. The molecule has 3 heterocycles. The number of carbonyl (C=O) groups excluding carboxylic acids is 3. The third kappa shape index (κ3) is 6.04. The molecule has 0 radical (unpaired) electrons. The van der Waals surface area contributed by atoms with Crippen molar-refractivity contribution in [2.75, 3.05) is 31.2 Å². The summed E-state index contributed by atoms with van der Waals surface area (Å²) in [6.07, 6.45) is 9.90. The number of ether oxygens (including phenoxy) is 1. The fraction of sp³-hybridized carbons (Fsp3) is 0.606. The van der Waals surface area contributed by atoms with E-state index < -0.39 is 22.6 Å². The summed E-state index contributed by atoms with van der Waals surface area (Å²) in [4.78, 5) is 46.1. The number of amides is 2. The summed E-state index contributed by atoms with van der Waals surface area (Å²) in [5.41, 5.74) is 1.49. The van der Waals surface area contributed by atoms with E-state index in [0.717, 1.165) is 44.1 Å². The first kappa shape index (κ1) is 32.6. The number of unbranched alkanes of at least 4 members (excludes halogenated alkanes) is 5. The molecular weight excluding hydrogens is 572 g/mol. The Balaban J connectivity index is 1.70. The van der Waals surface area contributed by atoms with Gasteiger partial charge in [-0.15, -0.1) is 24.9 Å². The maximum atomic E-state index is 14.8. The lowest BCUT2D eigenvalue weighted by molar-refractivity contribution is -0.154. The fourth-order valence-corrected chi connectivity index (χ4v) is 9.98. The number of aliphatic hydroxyl groups excluding tert-OH is 1. The summed E-state index contributed by atoms with van der Waals surface area (Å²) in [5, 5.41) is 9.61. The highest BCUT2D eigenvalue weighted by molar-refractivity contribution is 8.02. The number of para-hydroxylation sites is 1. The van der Waals surface area contributed by atoms with E-state index in [1.807, 2.05) is 25.1 Å². The molecule has 3 aliphatic rings. The van der Waals surface area contributed by atoms with E-state index in [4.69, 9.17) is 16.3 Å². The Morgan fingerprint density at radius 2 is 1.95 bits per heavy atom. The second-order valence-electron chi connectivity index (χ2n) is 11.8. The third-order valence-electron chi connectivity index (χ3n) is 9.14. The zero-order chi connectivity index (χ0) is 30.4. The molecule has 1 aromatic carbocycles. The van der Waals surface area contributed by atoms with E-state index in [2.05, 4.69) is 20.1 Å². The number of fused-ring (bicyclic) bond motifs is 1. The van der Waals surface area contributed by atoms with Gasteiger partial charge in [-0.05, 0) is 63.0 Å². The molecule has 9 heteroatoms. The number of likely N-dealkylation sites (tertiary alicyclic amines) is 1. The fourth-order valence-electron chi connectivity index (χ4n) is 7.25. The molecule has 1 spiro atoms. The van der Waals surface area contributed by atoms with Crippen molar-refractivity contribution in [1.29, 1.82) is 0 Å². The van der Waals surface area contributed by atoms with Crippen molar-refractivity contribution in [2.45, 2.75) is 81.3 Å². The number of halogens is 1. The minimum absolute atomic E-state index is 0.0596. The smallest absolute Gasteiger partial charge is 0.310 e. The first-order valence-electron chi connectivity index (χ1n) is 15.3. The Bertz CT molecular complexity index is 1160. The SMILES string of the molecule is C=CCCCCOC(=O)[C@@H]1[C@@H]2CC(C)C3(S2)C(C(=O)N(CC=C)c2c(C)cccc2Cl)N(CCCCCCO)C(=O)[C@H]13. The van der Waals surface area contributed by atoms with Crippen LogP contribution in [0, 0.1) is 24.7 Å². The minimum Gasteiger partial charge on any atom is -0.465 e. The van der Waals surface area contributed by atoms with Crippen LogP contribution in [0.3, 0.4) is 0 Å². The van der Waals surface area contributed by atoms with Gasteiger partial charge in [0.25, 0.3) is 5.91 Å². The van der Waals surface area contributed by atoms with Crippen LogP contribution < -0.4 is 4.90 Å². The van der Waals surface area contributed by atoms with Crippen molar-refractivity contribution in [1.82, 2.24) is 4.90 Å². The Hall–Kier alpha value is -2.29. The molecule has 2 amide bonds. The van der Waals surface area contributed by atoms with Gasteiger partial charge in [0.05, 0.1) is 33.9 Å². The van der Waals surface area contributed by atoms with E-state index in [9.17, 15) is 19.5 Å². The van der Waals surface area contributed by atoms with Crippen molar-refractivity contribution in [3.8, 4) is 0 Å². The number of hydrogen-bond donors (Lipinski definition) is 1. The van der Waals surface area contributed by atoms with Crippen molar-refractivity contribution in [3.63, 3.8) is 0 Å². The number of nitrogens with zero attached hydrogens (tertiary/aromatic N) is 2. The Morgan fingerprint density at radius 1 is 1.19 bits per heavy atom. The van der Waals surface area contributed by atoms with Gasteiger partial charge in [0.2, 0.25) is 5.91 Å². The normalized spacial score (nSPS) is 27.7. The van der Waals surface area contributed by atoms with Crippen LogP contribution in [0.5, 0.6) is 0 Å². The minimum atomic E-state index is -0.737. The summed E-state index contributed by atoms with van der Waals surface area (Å²) in [5.74, 6) is -1.75. The van der Waals surface area contributed by atoms with Gasteiger partial charge in [-0.1, -0.05) is 55.7 Å². The highest BCUT2D eigenvalue weighted by atomic mass is 35.5. The van der Waals surface area contributed by atoms with Gasteiger partial charge in [-0.2, -0.15) is 0 Å². The van der Waals surface area contributed by atoms with Crippen LogP contribution in [0.25, 0.3) is 0 Å². The van der Waals surface area contributed by atoms with E-state index >= 15 is 0 Å². The standard InChI is InChI=1S/C33H45ClN2O5S/c1-5-7-8-13-20-41-32(40)26-25-21-23(4)33(42-25)27(26)30(38)36(18-11-9-10-12-19-37)29(33)31(39)35(17-6-2)28-22(3)15-14-16-24(28)34/h5-6,14-16,23,25-27,29,37H,1-2,7-13,17-21H2,3-4H3/t23?,25-,26+,27-,29?,33?/m0/s1. The quantitative estimate of drug-likeness (QED) is 0.140. The van der Waals surface area contributed by atoms with Crippen LogP contribution in [-0.2, 0) is 19.1 Å². The molecule has 3 aliphatic heterocycles. The van der Waals surface area contributed by atoms with Crippen molar-refractivity contribution >= 4 is 46.8 Å².